The molecule has 2 heterocycles. The van der Waals surface area contributed by atoms with Gasteiger partial charge in [-0.25, -0.2) is 0 Å². The second-order valence-corrected chi connectivity index (χ2v) is 6.38. The predicted molar refractivity (Wildman–Crippen MR) is 69.3 cm³/mol. The summed E-state index contributed by atoms with van der Waals surface area (Å²) < 4.78 is 5.31. The number of nitrogens with one attached hydrogen (secondary N) is 1. The average molecular weight is 239 g/mol. The van der Waals surface area contributed by atoms with Crippen molar-refractivity contribution in [1.82, 2.24) is 5.32 Å². The van der Waals surface area contributed by atoms with Crippen LogP contribution in [0.1, 0.15) is 35.4 Å². The fourth-order valence-corrected chi connectivity index (χ4v) is 3.62. The van der Waals surface area contributed by atoms with Crippen LogP contribution in [0, 0.1) is 6.92 Å². The van der Waals surface area contributed by atoms with Gasteiger partial charge in [0.2, 0.25) is 0 Å². The van der Waals surface area contributed by atoms with Crippen LogP contribution < -0.4 is 5.32 Å². The van der Waals surface area contributed by atoms with Gasteiger partial charge in [0.1, 0.15) is 0 Å². The van der Waals surface area contributed by atoms with Crippen LogP contribution in [0.25, 0.3) is 0 Å². The first-order valence-corrected chi connectivity index (χ1v) is 6.75. The first-order chi connectivity index (χ1) is 7.63. The molecule has 0 aromatic carbocycles. The zero-order valence-corrected chi connectivity index (χ0v) is 11.2. The third-order valence-corrected chi connectivity index (χ3v) is 4.53. The summed E-state index contributed by atoms with van der Waals surface area (Å²) in [5.74, 6) is 0.708. The molecule has 0 saturated carbocycles. The van der Waals surface area contributed by atoms with Crippen LogP contribution in [0.5, 0.6) is 0 Å². The van der Waals surface area contributed by atoms with Gasteiger partial charge in [0.25, 0.3) is 0 Å². The molecule has 1 aliphatic heterocycles. The van der Waals surface area contributed by atoms with Crippen molar-refractivity contribution in [1.29, 1.82) is 0 Å². The minimum atomic E-state index is 0.148. The number of hydrogen-bond acceptors (Lipinski definition) is 3. The zero-order chi connectivity index (χ0) is 11.6. The number of aryl methyl sites for hydroxylation is 1. The van der Waals surface area contributed by atoms with Gasteiger partial charge in [0, 0.05) is 22.4 Å². The number of methoxy groups -OCH3 is 1. The zero-order valence-electron chi connectivity index (χ0n) is 10.4. The van der Waals surface area contributed by atoms with E-state index in [4.69, 9.17) is 4.74 Å². The smallest absolute Gasteiger partial charge is 0.0642 e. The van der Waals surface area contributed by atoms with Crippen molar-refractivity contribution in [2.24, 2.45) is 0 Å². The van der Waals surface area contributed by atoms with Crippen LogP contribution in [0.4, 0.5) is 0 Å². The van der Waals surface area contributed by atoms with Crippen molar-refractivity contribution >= 4 is 11.3 Å². The van der Waals surface area contributed by atoms with E-state index in [1.807, 2.05) is 11.3 Å². The Morgan fingerprint density at radius 3 is 3.00 bits per heavy atom. The van der Waals surface area contributed by atoms with Gasteiger partial charge in [-0.05, 0) is 51.3 Å². The lowest BCUT2D eigenvalue weighted by Gasteiger charge is -2.38. The number of hydrogen-bond donors (Lipinski definition) is 1. The molecular formula is C13H21NOS. The summed E-state index contributed by atoms with van der Waals surface area (Å²) in [4.78, 5) is 2.96. The molecule has 1 aliphatic rings. The molecule has 90 valence electrons. The first kappa shape index (κ1) is 12.1. The van der Waals surface area contributed by atoms with Crippen LogP contribution in [0.15, 0.2) is 12.1 Å². The Kier molecular flexibility index (Phi) is 3.67. The minimum Gasteiger partial charge on any atom is -0.383 e. The average Bonchev–Trinajstić information content (AvgIpc) is 2.65. The highest BCUT2D eigenvalue weighted by Crippen LogP contribution is 2.36. The van der Waals surface area contributed by atoms with Crippen LogP contribution in [0.2, 0.25) is 0 Å². The summed E-state index contributed by atoms with van der Waals surface area (Å²) in [6.45, 7) is 6.35. The monoisotopic (exact) mass is 239 g/mol. The Morgan fingerprint density at radius 2 is 2.38 bits per heavy atom. The van der Waals surface area contributed by atoms with Crippen LogP contribution in [-0.2, 0) is 4.74 Å². The lowest BCUT2D eigenvalue weighted by molar-refractivity contribution is 0.0950. The molecular weight excluding hydrogens is 218 g/mol. The Balaban J connectivity index is 2.07. The maximum atomic E-state index is 5.31. The molecule has 2 unspecified atom stereocenters. The van der Waals surface area contributed by atoms with Gasteiger partial charge in [-0.15, -0.1) is 11.3 Å². The molecule has 0 bridgehead atoms. The normalized spacial score (nSPS) is 30.6. The van der Waals surface area contributed by atoms with E-state index in [2.05, 4.69) is 31.3 Å². The molecule has 1 aromatic heterocycles. The molecule has 3 heteroatoms. The second-order valence-electron chi connectivity index (χ2n) is 5.06. The van der Waals surface area contributed by atoms with Crippen LogP contribution in [-0.4, -0.2) is 25.8 Å². The predicted octanol–water partition coefficient (Wildman–Crippen LogP) is 2.93. The molecule has 1 saturated heterocycles. The topological polar surface area (TPSA) is 21.3 Å². The van der Waals surface area contributed by atoms with Crippen LogP contribution >= 0.6 is 11.3 Å². The van der Waals surface area contributed by atoms with Gasteiger partial charge in [0.05, 0.1) is 6.61 Å². The third-order valence-electron chi connectivity index (χ3n) is 3.37. The highest BCUT2D eigenvalue weighted by molar-refractivity contribution is 7.12. The molecule has 1 fully saturated rings. The van der Waals surface area contributed by atoms with E-state index >= 15 is 0 Å². The lowest BCUT2D eigenvalue weighted by atomic mass is 9.83. The molecule has 2 nitrogen and oxygen atoms in total. The number of thiophene rings is 1. The maximum Gasteiger partial charge on any atom is 0.0642 e. The second kappa shape index (κ2) is 4.86. The molecule has 2 rings (SSSR count). The highest BCUT2D eigenvalue weighted by Gasteiger charge is 2.32. The van der Waals surface area contributed by atoms with Crippen molar-refractivity contribution in [2.75, 3.05) is 20.3 Å². The van der Waals surface area contributed by atoms with Crippen molar-refractivity contribution in [2.45, 2.75) is 38.1 Å². The van der Waals surface area contributed by atoms with Gasteiger partial charge >= 0.3 is 0 Å². The summed E-state index contributed by atoms with van der Waals surface area (Å²) in [6.07, 6.45) is 2.43. The van der Waals surface area contributed by atoms with E-state index in [1.54, 1.807) is 12.0 Å². The lowest BCUT2D eigenvalue weighted by Crippen LogP contribution is -2.51. The Bertz CT molecular complexity index is 345. The Labute approximate surface area is 102 Å². The van der Waals surface area contributed by atoms with E-state index in [0.717, 1.165) is 13.2 Å². The number of piperidine rings is 1. The molecule has 0 amide bonds. The fraction of sp³-hybridized carbons (Fsp3) is 0.692. The maximum absolute atomic E-state index is 5.31. The summed E-state index contributed by atoms with van der Waals surface area (Å²) in [5.41, 5.74) is 0.148. The van der Waals surface area contributed by atoms with Crippen molar-refractivity contribution in [3.8, 4) is 0 Å². The summed E-state index contributed by atoms with van der Waals surface area (Å²) in [6, 6.07) is 4.53. The van der Waals surface area contributed by atoms with Gasteiger partial charge < -0.3 is 10.1 Å². The van der Waals surface area contributed by atoms with Crippen LogP contribution in [0.3, 0.4) is 0 Å². The molecule has 0 aliphatic carbocycles. The Hall–Kier alpha value is -0.380. The van der Waals surface area contributed by atoms with Crippen molar-refractivity contribution in [3.63, 3.8) is 0 Å². The van der Waals surface area contributed by atoms with Crippen molar-refractivity contribution < 1.29 is 4.74 Å². The van der Waals surface area contributed by atoms with Gasteiger partial charge in [-0.1, -0.05) is 0 Å². The highest BCUT2D eigenvalue weighted by atomic mass is 32.1. The summed E-state index contributed by atoms with van der Waals surface area (Å²) >= 11 is 1.94. The van der Waals surface area contributed by atoms with E-state index in [0.29, 0.717) is 5.92 Å². The molecule has 2 atom stereocenters. The Morgan fingerprint density at radius 1 is 1.56 bits per heavy atom. The molecule has 1 N–H and O–H groups in total. The quantitative estimate of drug-likeness (QED) is 0.875. The minimum absolute atomic E-state index is 0.148. The molecule has 0 spiro atoms. The molecule has 0 radical (unpaired) electrons. The van der Waals surface area contributed by atoms with Crippen molar-refractivity contribution in [3.05, 3.63) is 21.9 Å². The van der Waals surface area contributed by atoms with Gasteiger partial charge in [-0.2, -0.15) is 0 Å². The molecule has 1 aromatic rings. The van der Waals surface area contributed by atoms with E-state index < -0.39 is 0 Å². The van der Waals surface area contributed by atoms with E-state index in [-0.39, 0.29) is 5.54 Å². The first-order valence-electron chi connectivity index (χ1n) is 5.93. The van der Waals surface area contributed by atoms with Gasteiger partial charge in [0.15, 0.2) is 0 Å². The number of ether oxygens (including phenoxy) is 1. The summed E-state index contributed by atoms with van der Waals surface area (Å²) in [7, 11) is 1.78. The largest absolute Gasteiger partial charge is 0.383 e. The fourth-order valence-electron chi connectivity index (χ4n) is 2.61. The SMILES string of the molecule is COCC1(C)CC(c2ccc(C)s2)CCN1. The number of rotatable bonds is 3. The standard InChI is InChI=1S/C13H21NOS/c1-10-4-5-12(16-10)11-6-7-14-13(2,8-11)9-15-3/h4-5,11,14H,6-9H2,1-3H3. The van der Waals surface area contributed by atoms with E-state index in [9.17, 15) is 0 Å². The third kappa shape index (κ3) is 2.65. The van der Waals surface area contributed by atoms with Gasteiger partial charge in [-0.3, -0.25) is 0 Å². The van der Waals surface area contributed by atoms with E-state index in [1.165, 1.54) is 17.7 Å². The summed E-state index contributed by atoms with van der Waals surface area (Å²) in [5, 5.41) is 3.58. The molecule has 16 heavy (non-hydrogen) atoms.